The van der Waals surface area contributed by atoms with Gasteiger partial charge in [0.25, 0.3) is 0 Å². The SMILES string of the molecule is CC1(n2c(NC(=O)C[C@](C)(O)c3ccc(Cl)cc3)nc3ccc(C#N)cc32)CCC1. The predicted molar refractivity (Wildman–Crippen MR) is 116 cm³/mol. The predicted octanol–water partition coefficient (Wildman–Crippen LogP) is 4.70. The Morgan fingerprint density at radius 2 is 2.03 bits per heavy atom. The second-order valence-electron chi connectivity index (χ2n) is 8.44. The van der Waals surface area contributed by atoms with E-state index in [2.05, 4.69) is 23.3 Å². The summed E-state index contributed by atoms with van der Waals surface area (Å²) in [5, 5.41) is 23.6. The number of amides is 1. The Morgan fingerprint density at radius 3 is 2.63 bits per heavy atom. The lowest BCUT2D eigenvalue weighted by molar-refractivity contribution is -0.120. The lowest BCUT2D eigenvalue weighted by atomic mass is 9.78. The zero-order valence-corrected chi connectivity index (χ0v) is 17.7. The van der Waals surface area contributed by atoms with E-state index in [0.717, 1.165) is 30.3 Å². The highest BCUT2D eigenvalue weighted by Crippen LogP contribution is 2.43. The standard InChI is InChI=1S/C23H23ClN4O2/c1-22(10-3-11-22)28-19-12-15(14-25)4-9-18(19)26-21(28)27-20(29)13-23(2,30)16-5-7-17(24)8-6-16/h4-9,12,30H,3,10-11,13H2,1-2H3,(H,26,27,29)/t23-/m0/s1. The van der Waals surface area contributed by atoms with Crippen molar-refractivity contribution in [3.05, 3.63) is 58.6 Å². The lowest BCUT2D eigenvalue weighted by Crippen LogP contribution is -2.38. The van der Waals surface area contributed by atoms with Gasteiger partial charge in [-0.2, -0.15) is 5.26 Å². The Labute approximate surface area is 180 Å². The van der Waals surface area contributed by atoms with Crippen LogP contribution >= 0.6 is 11.6 Å². The summed E-state index contributed by atoms with van der Waals surface area (Å²) in [6, 6.07) is 14.3. The van der Waals surface area contributed by atoms with Crippen LogP contribution in [0.1, 0.15) is 50.7 Å². The van der Waals surface area contributed by atoms with Crippen molar-refractivity contribution in [3.63, 3.8) is 0 Å². The molecular weight excluding hydrogens is 400 g/mol. The molecule has 1 fully saturated rings. The number of aliphatic hydroxyl groups is 1. The summed E-state index contributed by atoms with van der Waals surface area (Å²) < 4.78 is 2.03. The first kappa shape index (κ1) is 20.4. The Morgan fingerprint density at radius 1 is 1.33 bits per heavy atom. The monoisotopic (exact) mass is 422 g/mol. The van der Waals surface area contributed by atoms with Gasteiger partial charge in [0.05, 0.1) is 34.7 Å². The maximum Gasteiger partial charge on any atom is 0.229 e. The molecule has 0 saturated heterocycles. The summed E-state index contributed by atoms with van der Waals surface area (Å²) in [5.74, 6) is 0.106. The minimum absolute atomic E-state index is 0.127. The van der Waals surface area contributed by atoms with E-state index in [-0.39, 0.29) is 17.9 Å². The maximum absolute atomic E-state index is 12.9. The van der Waals surface area contributed by atoms with Crippen molar-refractivity contribution in [2.24, 2.45) is 0 Å². The largest absolute Gasteiger partial charge is 0.385 e. The minimum Gasteiger partial charge on any atom is -0.385 e. The van der Waals surface area contributed by atoms with Gasteiger partial charge >= 0.3 is 0 Å². The van der Waals surface area contributed by atoms with Crippen LogP contribution in [0.4, 0.5) is 5.95 Å². The first-order valence-electron chi connectivity index (χ1n) is 9.93. The fourth-order valence-corrected chi connectivity index (χ4v) is 4.21. The van der Waals surface area contributed by atoms with Crippen molar-refractivity contribution in [2.75, 3.05) is 5.32 Å². The Balaban J connectivity index is 1.65. The number of nitrogens with one attached hydrogen (secondary N) is 1. The fraction of sp³-hybridized carbons (Fsp3) is 0.348. The lowest BCUT2D eigenvalue weighted by Gasteiger charge is -2.41. The highest BCUT2D eigenvalue weighted by atomic mass is 35.5. The molecule has 7 heteroatoms. The molecule has 0 spiro atoms. The number of imidazole rings is 1. The van der Waals surface area contributed by atoms with Crippen molar-refractivity contribution < 1.29 is 9.90 Å². The Bertz CT molecular complexity index is 1150. The van der Waals surface area contributed by atoms with E-state index in [1.807, 2.05) is 10.6 Å². The van der Waals surface area contributed by atoms with Gasteiger partial charge in [-0.15, -0.1) is 0 Å². The number of aromatic nitrogens is 2. The van der Waals surface area contributed by atoms with Gasteiger partial charge < -0.3 is 9.67 Å². The number of hydrogen-bond donors (Lipinski definition) is 2. The molecule has 6 nitrogen and oxygen atoms in total. The fourth-order valence-electron chi connectivity index (χ4n) is 4.08. The van der Waals surface area contributed by atoms with Gasteiger partial charge in [0.1, 0.15) is 0 Å². The summed E-state index contributed by atoms with van der Waals surface area (Å²) in [5.41, 5.74) is 1.21. The smallest absolute Gasteiger partial charge is 0.229 e. The van der Waals surface area contributed by atoms with E-state index in [1.54, 1.807) is 43.3 Å². The van der Waals surface area contributed by atoms with Crippen molar-refractivity contribution in [3.8, 4) is 6.07 Å². The average Bonchev–Trinajstić information content (AvgIpc) is 3.02. The Kier molecular flexibility index (Phi) is 5.05. The summed E-state index contributed by atoms with van der Waals surface area (Å²) in [7, 11) is 0. The molecule has 30 heavy (non-hydrogen) atoms. The van der Waals surface area contributed by atoms with E-state index in [9.17, 15) is 15.2 Å². The van der Waals surface area contributed by atoms with Crippen LogP contribution in [0.3, 0.4) is 0 Å². The van der Waals surface area contributed by atoms with Crippen LogP contribution < -0.4 is 5.32 Å². The average molecular weight is 423 g/mol. The molecule has 0 bridgehead atoms. The molecule has 1 saturated carbocycles. The molecule has 1 amide bonds. The van der Waals surface area contributed by atoms with Crippen LogP contribution in [-0.2, 0) is 15.9 Å². The van der Waals surface area contributed by atoms with Crippen molar-refractivity contribution in [1.82, 2.24) is 9.55 Å². The van der Waals surface area contributed by atoms with Gasteiger partial charge in [-0.25, -0.2) is 4.98 Å². The number of anilines is 1. The number of halogens is 1. The molecule has 1 aliphatic rings. The molecule has 2 aromatic carbocycles. The van der Waals surface area contributed by atoms with E-state index < -0.39 is 5.60 Å². The van der Waals surface area contributed by atoms with E-state index in [0.29, 0.717) is 22.1 Å². The van der Waals surface area contributed by atoms with Gasteiger partial charge in [-0.1, -0.05) is 23.7 Å². The first-order chi connectivity index (χ1) is 14.2. The zero-order valence-electron chi connectivity index (χ0n) is 16.9. The summed E-state index contributed by atoms with van der Waals surface area (Å²) in [6.45, 7) is 3.74. The molecule has 3 aromatic rings. The summed E-state index contributed by atoms with van der Waals surface area (Å²) >= 11 is 5.92. The molecule has 0 radical (unpaired) electrons. The second-order valence-corrected chi connectivity index (χ2v) is 8.88. The third kappa shape index (κ3) is 3.67. The minimum atomic E-state index is -1.35. The summed E-state index contributed by atoms with van der Waals surface area (Å²) in [4.78, 5) is 17.5. The molecule has 1 aromatic heterocycles. The number of benzene rings is 2. The van der Waals surface area contributed by atoms with E-state index in [4.69, 9.17) is 11.6 Å². The molecule has 2 N–H and O–H groups in total. The number of nitrogens with zero attached hydrogens (tertiary/aromatic N) is 3. The molecule has 1 aliphatic carbocycles. The van der Waals surface area contributed by atoms with E-state index in [1.165, 1.54) is 0 Å². The topological polar surface area (TPSA) is 90.9 Å². The maximum atomic E-state index is 12.9. The molecular formula is C23H23ClN4O2. The number of hydrogen-bond acceptors (Lipinski definition) is 4. The quantitative estimate of drug-likeness (QED) is 0.623. The van der Waals surface area contributed by atoms with Crippen LogP contribution in [0, 0.1) is 11.3 Å². The number of carbonyl (C=O) groups excluding carboxylic acids is 1. The molecule has 4 rings (SSSR count). The number of fused-ring (bicyclic) bond motifs is 1. The van der Waals surface area contributed by atoms with Crippen LogP contribution in [-0.4, -0.2) is 20.6 Å². The van der Waals surface area contributed by atoms with Gasteiger partial charge in [0.2, 0.25) is 11.9 Å². The molecule has 154 valence electrons. The van der Waals surface area contributed by atoms with Crippen LogP contribution in [0.25, 0.3) is 11.0 Å². The zero-order chi connectivity index (χ0) is 21.5. The second kappa shape index (κ2) is 7.42. The molecule has 0 unspecified atom stereocenters. The third-order valence-corrected chi connectivity index (χ3v) is 6.23. The Hall–Kier alpha value is -2.88. The molecule has 1 atom stereocenters. The highest BCUT2D eigenvalue weighted by Gasteiger charge is 2.37. The highest BCUT2D eigenvalue weighted by molar-refractivity contribution is 6.30. The number of nitriles is 1. The molecule has 1 heterocycles. The third-order valence-electron chi connectivity index (χ3n) is 5.98. The van der Waals surface area contributed by atoms with Crippen LogP contribution in [0.15, 0.2) is 42.5 Å². The normalized spacial score (nSPS) is 17.0. The summed E-state index contributed by atoms with van der Waals surface area (Å²) in [6.07, 6.45) is 2.92. The van der Waals surface area contributed by atoms with Gasteiger partial charge in [0, 0.05) is 10.6 Å². The van der Waals surface area contributed by atoms with Crippen molar-refractivity contribution >= 4 is 34.5 Å². The first-order valence-corrected chi connectivity index (χ1v) is 10.3. The van der Waals surface area contributed by atoms with Gasteiger partial charge in [-0.3, -0.25) is 10.1 Å². The van der Waals surface area contributed by atoms with Gasteiger partial charge in [0.15, 0.2) is 0 Å². The van der Waals surface area contributed by atoms with Crippen LogP contribution in [0.5, 0.6) is 0 Å². The van der Waals surface area contributed by atoms with Crippen LogP contribution in [0.2, 0.25) is 5.02 Å². The number of carbonyl (C=O) groups is 1. The van der Waals surface area contributed by atoms with E-state index >= 15 is 0 Å². The van der Waals surface area contributed by atoms with Crippen molar-refractivity contribution in [2.45, 2.75) is 50.7 Å². The van der Waals surface area contributed by atoms with Crippen molar-refractivity contribution in [1.29, 1.82) is 5.26 Å². The molecule has 0 aliphatic heterocycles. The van der Waals surface area contributed by atoms with Gasteiger partial charge in [-0.05, 0) is 69.0 Å². The number of rotatable bonds is 5.